The molecular formula is C15H20N2O3S. The van der Waals surface area contributed by atoms with Crippen molar-refractivity contribution in [3.05, 3.63) is 48.4 Å². The van der Waals surface area contributed by atoms with Gasteiger partial charge in [0.2, 0.25) is 10.0 Å². The standard InChI is InChI=1S/C15H20N2O3S/c1-3-10-16-21(18,19)15-9-5-4-7-13(15)17-12(2)14-8-6-11-20-14/h4-9,11-12,16-17H,3,10H2,1-2H3. The van der Waals surface area contributed by atoms with E-state index in [-0.39, 0.29) is 10.9 Å². The van der Waals surface area contributed by atoms with E-state index >= 15 is 0 Å². The van der Waals surface area contributed by atoms with Crippen LogP contribution in [0.25, 0.3) is 0 Å². The molecule has 1 heterocycles. The SMILES string of the molecule is CCCNS(=O)(=O)c1ccccc1NC(C)c1ccco1. The van der Waals surface area contributed by atoms with Crippen molar-refractivity contribution in [3.8, 4) is 0 Å². The molecule has 0 aliphatic heterocycles. The zero-order chi connectivity index (χ0) is 15.3. The van der Waals surface area contributed by atoms with Crippen molar-refractivity contribution in [2.45, 2.75) is 31.2 Å². The first-order valence-corrected chi connectivity index (χ1v) is 8.41. The number of anilines is 1. The molecule has 0 fully saturated rings. The van der Waals surface area contributed by atoms with E-state index in [4.69, 9.17) is 4.42 Å². The third-order valence-corrected chi connectivity index (χ3v) is 4.58. The van der Waals surface area contributed by atoms with Gasteiger partial charge in [0.25, 0.3) is 0 Å². The van der Waals surface area contributed by atoms with E-state index in [2.05, 4.69) is 10.0 Å². The zero-order valence-corrected chi connectivity index (χ0v) is 13.0. The van der Waals surface area contributed by atoms with Gasteiger partial charge in [-0.1, -0.05) is 19.1 Å². The lowest BCUT2D eigenvalue weighted by molar-refractivity contribution is 0.490. The minimum Gasteiger partial charge on any atom is -0.467 e. The summed E-state index contributed by atoms with van der Waals surface area (Å²) in [6, 6.07) is 10.4. The Kier molecular flexibility index (Phi) is 5.03. The Morgan fingerprint density at radius 1 is 1.19 bits per heavy atom. The van der Waals surface area contributed by atoms with E-state index in [1.54, 1.807) is 36.6 Å². The van der Waals surface area contributed by atoms with Crippen molar-refractivity contribution >= 4 is 15.7 Å². The number of nitrogens with one attached hydrogen (secondary N) is 2. The number of sulfonamides is 1. The van der Waals surface area contributed by atoms with E-state index in [1.165, 1.54) is 0 Å². The number of benzene rings is 1. The largest absolute Gasteiger partial charge is 0.467 e. The number of hydrogen-bond donors (Lipinski definition) is 2. The Bertz CT molecular complexity index is 666. The van der Waals surface area contributed by atoms with E-state index in [0.29, 0.717) is 12.2 Å². The van der Waals surface area contributed by atoms with Gasteiger partial charge in [-0.3, -0.25) is 0 Å². The number of hydrogen-bond acceptors (Lipinski definition) is 4. The van der Waals surface area contributed by atoms with Crippen molar-refractivity contribution in [3.63, 3.8) is 0 Å². The van der Waals surface area contributed by atoms with Crippen LogP contribution in [0.4, 0.5) is 5.69 Å². The highest BCUT2D eigenvalue weighted by Crippen LogP contribution is 2.25. The van der Waals surface area contributed by atoms with Crippen LogP contribution in [-0.2, 0) is 10.0 Å². The molecule has 1 aromatic heterocycles. The monoisotopic (exact) mass is 308 g/mol. The summed E-state index contributed by atoms with van der Waals surface area (Å²) in [6.07, 6.45) is 2.34. The molecule has 6 heteroatoms. The van der Waals surface area contributed by atoms with Crippen LogP contribution in [0.3, 0.4) is 0 Å². The quantitative estimate of drug-likeness (QED) is 0.824. The Hall–Kier alpha value is -1.79. The second kappa shape index (κ2) is 6.78. The van der Waals surface area contributed by atoms with Crippen molar-refractivity contribution < 1.29 is 12.8 Å². The highest BCUT2D eigenvalue weighted by Gasteiger charge is 2.19. The van der Waals surface area contributed by atoms with Crippen LogP contribution in [0.2, 0.25) is 0 Å². The predicted molar refractivity (Wildman–Crippen MR) is 82.7 cm³/mol. The molecule has 2 N–H and O–H groups in total. The molecule has 1 unspecified atom stereocenters. The van der Waals surface area contributed by atoms with Crippen molar-refractivity contribution in [2.75, 3.05) is 11.9 Å². The lowest BCUT2D eigenvalue weighted by Crippen LogP contribution is -2.25. The Morgan fingerprint density at radius 3 is 2.62 bits per heavy atom. The maximum absolute atomic E-state index is 12.3. The third kappa shape index (κ3) is 3.86. The molecule has 0 amide bonds. The van der Waals surface area contributed by atoms with Crippen molar-refractivity contribution in [1.29, 1.82) is 0 Å². The van der Waals surface area contributed by atoms with Gasteiger partial charge in [0.1, 0.15) is 10.7 Å². The fraction of sp³-hybridized carbons (Fsp3) is 0.333. The molecule has 2 aromatic rings. The Balaban J connectivity index is 2.25. The Labute approximate surface area is 125 Å². The molecule has 21 heavy (non-hydrogen) atoms. The van der Waals surface area contributed by atoms with E-state index in [1.807, 2.05) is 19.9 Å². The minimum atomic E-state index is -3.51. The second-order valence-corrected chi connectivity index (χ2v) is 6.51. The van der Waals surface area contributed by atoms with Gasteiger partial charge in [-0.15, -0.1) is 0 Å². The van der Waals surface area contributed by atoms with Gasteiger partial charge in [-0.25, -0.2) is 13.1 Å². The van der Waals surface area contributed by atoms with Gasteiger partial charge < -0.3 is 9.73 Å². The van der Waals surface area contributed by atoms with Crippen LogP contribution in [0.5, 0.6) is 0 Å². The molecule has 0 aliphatic rings. The second-order valence-electron chi connectivity index (χ2n) is 4.78. The average molecular weight is 308 g/mol. The van der Waals surface area contributed by atoms with E-state index in [0.717, 1.165) is 12.2 Å². The molecule has 2 rings (SSSR count). The first kappa shape index (κ1) is 15.6. The van der Waals surface area contributed by atoms with Crippen LogP contribution in [0.15, 0.2) is 52.0 Å². The first-order valence-electron chi connectivity index (χ1n) is 6.93. The lowest BCUT2D eigenvalue weighted by atomic mass is 10.2. The van der Waals surface area contributed by atoms with E-state index in [9.17, 15) is 8.42 Å². The summed E-state index contributed by atoms with van der Waals surface area (Å²) < 4.78 is 32.5. The third-order valence-electron chi connectivity index (χ3n) is 3.06. The number of para-hydroxylation sites is 1. The number of furan rings is 1. The molecule has 0 spiro atoms. The summed E-state index contributed by atoms with van der Waals surface area (Å²) in [7, 11) is -3.51. The molecule has 1 atom stereocenters. The summed E-state index contributed by atoms with van der Waals surface area (Å²) in [5, 5.41) is 3.18. The summed E-state index contributed by atoms with van der Waals surface area (Å²) >= 11 is 0. The molecule has 0 saturated heterocycles. The molecule has 0 saturated carbocycles. The van der Waals surface area contributed by atoms with Gasteiger partial charge >= 0.3 is 0 Å². The van der Waals surface area contributed by atoms with Crippen LogP contribution in [0, 0.1) is 0 Å². The molecule has 0 radical (unpaired) electrons. The van der Waals surface area contributed by atoms with E-state index < -0.39 is 10.0 Å². The Morgan fingerprint density at radius 2 is 1.95 bits per heavy atom. The van der Waals surface area contributed by atoms with Gasteiger partial charge in [-0.05, 0) is 37.6 Å². The van der Waals surface area contributed by atoms with Crippen molar-refractivity contribution in [1.82, 2.24) is 4.72 Å². The predicted octanol–water partition coefficient (Wildman–Crippen LogP) is 3.14. The van der Waals surface area contributed by atoms with Gasteiger partial charge in [0.05, 0.1) is 18.0 Å². The lowest BCUT2D eigenvalue weighted by Gasteiger charge is -2.16. The maximum atomic E-state index is 12.3. The number of rotatable bonds is 7. The zero-order valence-electron chi connectivity index (χ0n) is 12.2. The van der Waals surface area contributed by atoms with Gasteiger partial charge in [0, 0.05) is 6.54 Å². The molecule has 5 nitrogen and oxygen atoms in total. The van der Waals surface area contributed by atoms with Crippen LogP contribution in [-0.4, -0.2) is 15.0 Å². The summed E-state index contributed by atoms with van der Waals surface area (Å²) in [5.41, 5.74) is 0.560. The summed E-state index contributed by atoms with van der Waals surface area (Å²) in [4.78, 5) is 0.247. The van der Waals surface area contributed by atoms with Crippen molar-refractivity contribution in [2.24, 2.45) is 0 Å². The minimum absolute atomic E-state index is 0.123. The van der Waals surface area contributed by atoms with Crippen LogP contribution >= 0.6 is 0 Å². The molecule has 0 bridgehead atoms. The fourth-order valence-electron chi connectivity index (χ4n) is 1.98. The summed E-state index contributed by atoms with van der Waals surface area (Å²) in [5.74, 6) is 0.753. The fourth-order valence-corrected chi connectivity index (χ4v) is 3.28. The highest BCUT2D eigenvalue weighted by atomic mass is 32.2. The smallest absolute Gasteiger partial charge is 0.242 e. The maximum Gasteiger partial charge on any atom is 0.242 e. The summed E-state index contributed by atoms with van der Waals surface area (Å²) in [6.45, 7) is 4.26. The highest BCUT2D eigenvalue weighted by molar-refractivity contribution is 7.89. The molecular weight excluding hydrogens is 288 g/mol. The average Bonchev–Trinajstić information content (AvgIpc) is 3.00. The topological polar surface area (TPSA) is 71.3 Å². The first-order chi connectivity index (χ1) is 10.0. The normalized spacial score (nSPS) is 13.0. The van der Waals surface area contributed by atoms with Crippen LogP contribution in [0.1, 0.15) is 32.1 Å². The van der Waals surface area contributed by atoms with Gasteiger partial charge in [0.15, 0.2) is 0 Å². The molecule has 114 valence electrons. The molecule has 0 aliphatic carbocycles. The van der Waals surface area contributed by atoms with Crippen LogP contribution < -0.4 is 10.0 Å². The van der Waals surface area contributed by atoms with Gasteiger partial charge in [-0.2, -0.15) is 0 Å². The molecule has 1 aromatic carbocycles.